The summed E-state index contributed by atoms with van der Waals surface area (Å²) < 4.78 is 1.87. The summed E-state index contributed by atoms with van der Waals surface area (Å²) in [6.45, 7) is 6.02. The monoisotopic (exact) mass is 308 g/mol. The van der Waals surface area contributed by atoms with Crippen molar-refractivity contribution in [3.05, 3.63) is 17.0 Å². The zero-order valence-electron chi connectivity index (χ0n) is 14.0. The number of aryl methyl sites for hydroxylation is 2. The van der Waals surface area contributed by atoms with Gasteiger partial charge in [0.2, 0.25) is 0 Å². The van der Waals surface area contributed by atoms with Crippen molar-refractivity contribution in [2.24, 2.45) is 7.05 Å². The predicted octanol–water partition coefficient (Wildman–Crippen LogP) is 1.57. The summed E-state index contributed by atoms with van der Waals surface area (Å²) in [7, 11) is 1.93. The van der Waals surface area contributed by atoms with E-state index in [9.17, 15) is 9.90 Å². The van der Waals surface area contributed by atoms with E-state index in [4.69, 9.17) is 0 Å². The van der Waals surface area contributed by atoms with Crippen LogP contribution in [0, 0.1) is 13.8 Å². The van der Waals surface area contributed by atoms with E-state index < -0.39 is 6.10 Å². The van der Waals surface area contributed by atoms with Crippen molar-refractivity contribution in [1.29, 1.82) is 0 Å². The second-order valence-electron chi connectivity index (χ2n) is 6.45. The summed E-state index contributed by atoms with van der Waals surface area (Å²) in [6.07, 6.45) is 4.06. The molecule has 1 aromatic rings. The van der Waals surface area contributed by atoms with E-state index >= 15 is 0 Å². The highest BCUT2D eigenvalue weighted by Crippen LogP contribution is 2.18. The summed E-state index contributed by atoms with van der Waals surface area (Å²) in [6, 6.07) is -0.303. The number of urea groups is 1. The van der Waals surface area contributed by atoms with Gasteiger partial charge in [0, 0.05) is 18.8 Å². The zero-order chi connectivity index (χ0) is 16.3. The highest BCUT2D eigenvalue weighted by atomic mass is 16.3. The summed E-state index contributed by atoms with van der Waals surface area (Å²) in [4.78, 5) is 12.1. The van der Waals surface area contributed by atoms with Crippen LogP contribution in [0.3, 0.4) is 0 Å². The maximum absolute atomic E-state index is 12.1. The topological polar surface area (TPSA) is 79.2 Å². The van der Waals surface area contributed by atoms with Gasteiger partial charge < -0.3 is 15.7 Å². The third-order valence-electron chi connectivity index (χ3n) is 4.59. The van der Waals surface area contributed by atoms with E-state index in [0.717, 1.165) is 43.5 Å². The lowest BCUT2D eigenvalue weighted by Crippen LogP contribution is -2.51. The molecule has 1 aromatic heterocycles. The smallest absolute Gasteiger partial charge is 0.315 e. The van der Waals surface area contributed by atoms with Gasteiger partial charge in [0.1, 0.15) is 0 Å². The molecule has 124 valence electrons. The minimum atomic E-state index is -0.419. The lowest BCUT2D eigenvalue weighted by Gasteiger charge is -2.29. The Kier molecular flexibility index (Phi) is 5.45. The van der Waals surface area contributed by atoms with Crippen LogP contribution in [-0.4, -0.2) is 39.1 Å². The normalized spacial score (nSPS) is 23.1. The molecule has 1 fully saturated rings. The SMILES string of the molecule is Cc1nn(C)c(C)c1C[C@H](C)NC(=O)N[C@H]1CCCC[C@H]1O. The largest absolute Gasteiger partial charge is 0.391 e. The van der Waals surface area contributed by atoms with Crippen LogP contribution in [0.4, 0.5) is 4.79 Å². The van der Waals surface area contributed by atoms with Gasteiger partial charge in [0.05, 0.1) is 17.8 Å². The first-order chi connectivity index (χ1) is 10.4. The van der Waals surface area contributed by atoms with Crippen molar-refractivity contribution in [3.63, 3.8) is 0 Å². The number of carbonyl (C=O) groups is 1. The summed E-state index contributed by atoms with van der Waals surface area (Å²) in [5, 5.41) is 20.2. The molecular formula is C16H28N4O2. The van der Waals surface area contributed by atoms with Crippen LogP contribution in [-0.2, 0) is 13.5 Å². The van der Waals surface area contributed by atoms with Gasteiger partial charge in [-0.2, -0.15) is 5.10 Å². The number of aliphatic hydroxyl groups excluding tert-OH is 1. The number of carbonyl (C=O) groups excluding carboxylic acids is 1. The quantitative estimate of drug-likeness (QED) is 0.790. The molecule has 1 aliphatic rings. The molecule has 0 radical (unpaired) electrons. The molecule has 3 atom stereocenters. The third kappa shape index (κ3) is 4.00. The first kappa shape index (κ1) is 16.8. The number of rotatable bonds is 4. The minimum Gasteiger partial charge on any atom is -0.391 e. The van der Waals surface area contributed by atoms with Gasteiger partial charge in [-0.05, 0) is 45.6 Å². The number of nitrogens with one attached hydrogen (secondary N) is 2. The van der Waals surface area contributed by atoms with Crippen molar-refractivity contribution < 1.29 is 9.90 Å². The van der Waals surface area contributed by atoms with Crippen LogP contribution >= 0.6 is 0 Å². The number of aliphatic hydroxyl groups is 1. The van der Waals surface area contributed by atoms with Crippen molar-refractivity contribution in [3.8, 4) is 0 Å². The van der Waals surface area contributed by atoms with Crippen LogP contribution < -0.4 is 10.6 Å². The molecule has 1 heterocycles. The summed E-state index contributed by atoms with van der Waals surface area (Å²) in [5.74, 6) is 0. The van der Waals surface area contributed by atoms with Crippen LogP contribution in [0.1, 0.15) is 49.6 Å². The van der Waals surface area contributed by atoms with Crippen LogP contribution in [0.5, 0.6) is 0 Å². The van der Waals surface area contributed by atoms with Crippen LogP contribution in [0.25, 0.3) is 0 Å². The first-order valence-electron chi connectivity index (χ1n) is 8.12. The van der Waals surface area contributed by atoms with Gasteiger partial charge >= 0.3 is 6.03 Å². The Hall–Kier alpha value is -1.56. The van der Waals surface area contributed by atoms with Crippen LogP contribution in [0.15, 0.2) is 0 Å². The van der Waals surface area contributed by atoms with Crippen molar-refractivity contribution in [1.82, 2.24) is 20.4 Å². The molecule has 1 aliphatic carbocycles. The fraction of sp³-hybridized carbons (Fsp3) is 0.750. The maximum Gasteiger partial charge on any atom is 0.315 e. The molecule has 0 aliphatic heterocycles. The van der Waals surface area contributed by atoms with E-state index in [1.165, 1.54) is 5.56 Å². The molecule has 2 rings (SSSR count). The molecule has 6 heteroatoms. The average Bonchev–Trinajstić information content (AvgIpc) is 2.68. The van der Waals surface area contributed by atoms with Crippen molar-refractivity contribution >= 4 is 6.03 Å². The second kappa shape index (κ2) is 7.13. The van der Waals surface area contributed by atoms with E-state index in [-0.39, 0.29) is 18.1 Å². The fourth-order valence-corrected chi connectivity index (χ4v) is 3.18. The Morgan fingerprint density at radius 3 is 2.68 bits per heavy atom. The Bertz CT molecular complexity index is 526. The standard InChI is InChI=1S/C16H28N4O2/c1-10(9-13-11(2)19-20(4)12(13)3)17-16(22)18-14-7-5-6-8-15(14)21/h10,14-15,21H,5-9H2,1-4H3,(H2,17,18,22)/t10-,14-,15+/m0/s1. The van der Waals surface area contributed by atoms with Gasteiger partial charge in [-0.25, -0.2) is 4.79 Å². The Labute approximate surface area is 132 Å². The Morgan fingerprint density at radius 2 is 2.09 bits per heavy atom. The minimum absolute atomic E-state index is 0.0160. The fourth-order valence-electron chi connectivity index (χ4n) is 3.18. The molecule has 3 N–H and O–H groups in total. The number of hydrogen-bond acceptors (Lipinski definition) is 3. The highest BCUT2D eigenvalue weighted by Gasteiger charge is 2.25. The lowest BCUT2D eigenvalue weighted by atomic mass is 9.93. The van der Waals surface area contributed by atoms with Crippen molar-refractivity contribution in [2.75, 3.05) is 0 Å². The maximum atomic E-state index is 12.1. The number of hydrogen-bond donors (Lipinski definition) is 3. The molecule has 2 amide bonds. The number of amides is 2. The molecule has 1 saturated carbocycles. The zero-order valence-corrected chi connectivity index (χ0v) is 14.0. The van der Waals surface area contributed by atoms with E-state index in [1.807, 2.05) is 32.5 Å². The molecule has 0 spiro atoms. The average molecular weight is 308 g/mol. The number of aromatic nitrogens is 2. The van der Waals surface area contributed by atoms with E-state index in [2.05, 4.69) is 15.7 Å². The van der Waals surface area contributed by atoms with Crippen molar-refractivity contribution in [2.45, 2.75) is 71.1 Å². The van der Waals surface area contributed by atoms with E-state index in [1.54, 1.807) is 0 Å². The van der Waals surface area contributed by atoms with Gasteiger partial charge in [0.25, 0.3) is 0 Å². The molecule has 6 nitrogen and oxygen atoms in total. The Morgan fingerprint density at radius 1 is 1.41 bits per heavy atom. The molecule has 0 aromatic carbocycles. The molecular weight excluding hydrogens is 280 g/mol. The van der Waals surface area contributed by atoms with Gasteiger partial charge in [-0.3, -0.25) is 4.68 Å². The first-order valence-corrected chi connectivity index (χ1v) is 8.12. The van der Waals surface area contributed by atoms with Gasteiger partial charge in [0.15, 0.2) is 0 Å². The molecule has 0 unspecified atom stereocenters. The summed E-state index contributed by atoms with van der Waals surface area (Å²) in [5.41, 5.74) is 3.33. The van der Waals surface area contributed by atoms with Gasteiger partial charge in [-0.1, -0.05) is 12.8 Å². The molecule has 0 saturated heterocycles. The molecule has 0 bridgehead atoms. The molecule has 22 heavy (non-hydrogen) atoms. The van der Waals surface area contributed by atoms with Gasteiger partial charge in [-0.15, -0.1) is 0 Å². The second-order valence-corrected chi connectivity index (χ2v) is 6.45. The Balaban J connectivity index is 1.86. The van der Waals surface area contributed by atoms with E-state index in [0.29, 0.717) is 0 Å². The summed E-state index contributed by atoms with van der Waals surface area (Å²) >= 11 is 0. The van der Waals surface area contributed by atoms with Crippen LogP contribution in [0.2, 0.25) is 0 Å². The highest BCUT2D eigenvalue weighted by molar-refractivity contribution is 5.74. The number of nitrogens with zero attached hydrogens (tertiary/aromatic N) is 2. The lowest BCUT2D eigenvalue weighted by molar-refractivity contribution is 0.0941. The third-order valence-corrected chi connectivity index (χ3v) is 4.59. The predicted molar refractivity (Wildman–Crippen MR) is 85.8 cm³/mol.